The van der Waals surface area contributed by atoms with Gasteiger partial charge in [0.05, 0.1) is 6.54 Å². The summed E-state index contributed by atoms with van der Waals surface area (Å²) in [5.74, 6) is 0. The summed E-state index contributed by atoms with van der Waals surface area (Å²) < 4.78 is 0.489. The van der Waals surface area contributed by atoms with Crippen LogP contribution in [0.5, 0.6) is 0 Å². The summed E-state index contributed by atoms with van der Waals surface area (Å²) >= 11 is 6.86. The number of thiazole rings is 1. The first kappa shape index (κ1) is 7.50. The van der Waals surface area contributed by atoms with E-state index in [1.54, 1.807) is 12.6 Å². The zero-order valence-electron chi connectivity index (χ0n) is 4.93. The van der Waals surface area contributed by atoms with Gasteiger partial charge in [0.25, 0.3) is 0 Å². The first-order valence-corrected chi connectivity index (χ1v) is 3.72. The van der Waals surface area contributed by atoms with Crippen LogP contribution in [0.15, 0.2) is 6.20 Å². The largest absolute Gasteiger partial charge is 0.343 e. The fraction of sp³-hybridized carbons (Fsp3) is 0.200. The number of carbonyl (C=O) groups excluding carboxylic acids is 1. The zero-order valence-corrected chi connectivity index (χ0v) is 6.50. The van der Waals surface area contributed by atoms with Crippen molar-refractivity contribution < 1.29 is 4.79 Å². The molecule has 0 saturated heterocycles. The van der Waals surface area contributed by atoms with Gasteiger partial charge >= 0.3 is 6.41 Å². The number of hydrogen-bond acceptors (Lipinski definition) is 3. The lowest BCUT2D eigenvalue weighted by Crippen LogP contribution is -2.07. The quantitative estimate of drug-likeness (QED) is 0.696. The Bertz CT molecular complexity index is 225. The molecule has 0 aliphatic carbocycles. The minimum atomic E-state index is 0.452. The number of amides is 1. The van der Waals surface area contributed by atoms with Crippen LogP contribution in [0.1, 0.15) is 4.88 Å². The minimum Gasteiger partial charge on any atom is -0.343 e. The molecule has 1 amide bonds. The molecule has 1 N–H and O–H groups in total. The second kappa shape index (κ2) is 3.53. The van der Waals surface area contributed by atoms with Gasteiger partial charge in [0.2, 0.25) is 0 Å². The molecule has 0 saturated carbocycles. The number of nitrogens with zero attached hydrogens (tertiary/aromatic N) is 1. The van der Waals surface area contributed by atoms with E-state index in [0.29, 0.717) is 11.0 Å². The molecule has 1 aromatic rings. The van der Waals surface area contributed by atoms with Gasteiger partial charge in [0, 0.05) is 11.1 Å². The monoisotopic (exact) mass is 175 g/mol. The summed E-state index contributed by atoms with van der Waals surface area (Å²) in [5.41, 5.74) is 0. The van der Waals surface area contributed by atoms with Gasteiger partial charge in [-0.25, -0.2) is 4.98 Å². The fourth-order valence-corrected chi connectivity index (χ4v) is 1.41. The SMILES string of the molecule is O=[C]NCc1cnc(Cl)s1. The smallest absolute Gasteiger partial charge is 0.309 e. The maximum absolute atomic E-state index is 9.70. The number of halogens is 1. The molecule has 5 heteroatoms. The highest BCUT2D eigenvalue weighted by atomic mass is 35.5. The Morgan fingerprint density at radius 1 is 1.90 bits per heavy atom. The number of nitrogens with one attached hydrogen (secondary N) is 1. The van der Waals surface area contributed by atoms with Crippen LogP contribution in [-0.4, -0.2) is 11.4 Å². The topological polar surface area (TPSA) is 42.0 Å². The Labute approximate surface area is 67.0 Å². The Morgan fingerprint density at radius 3 is 3.20 bits per heavy atom. The molecular weight excluding hydrogens is 172 g/mol. The molecule has 0 aliphatic heterocycles. The number of aromatic nitrogens is 1. The van der Waals surface area contributed by atoms with E-state index in [2.05, 4.69) is 10.3 Å². The van der Waals surface area contributed by atoms with Crippen molar-refractivity contribution in [2.24, 2.45) is 0 Å². The molecule has 0 spiro atoms. The summed E-state index contributed by atoms with van der Waals surface area (Å²) in [7, 11) is 0. The van der Waals surface area contributed by atoms with E-state index in [1.807, 2.05) is 0 Å². The van der Waals surface area contributed by atoms with Gasteiger partial charge in [-0.05, 0) is 0 Å². The third-order valence-corrected chi connectivity index (χ3v) is 1.97. The number of hydrogen-bond donors (Lipinski definition) is 1. The molecule has 1 radical (unpaired) electrons. The maximum Gasteiger partial charge on any atom is 0.309 e. The lowest BCUT2D eigenvalue weighted by Gasteiger charge is -1.88. The molecule has 1 heterocycles. The van der Waals surface area contributed by atoms with Crippen LogP contribution in [0.4, 0.5) is 0 Å². The predicted molar refractivity (Wildman–Crippen MR) is 39.7 cm³/mol. The lowest BCUT2D eigenvalue weighted by atomic mass is 10.5. The molecule has 0 unspecified atom stereocenters. The molecular formula is C5H4ClN2OS. The summed E-state index contributed by atoms with van der Waals surface area (Å²) in [6.07, 6.45) is 3.18. The highest BCUT2D eigenvalue weighted by molar-refractivity contribution is 7.15. The molecule has 10 heavy (non-hydrogen) atoms. The van der Waals surface area contributed by atoms with E-state index >= 15 is 0 Å². The average molecular weight is 176 g/mol. The van der Waals surface area contributed by atoms with Gasteiger partial charge in [-0.3, -0.25) is 4.79 Å². The van der Waals surface area contributed by atoms with Crippen molar-refractivity contribution >= 4 is 29.3 Å². The van der Waals surface area contributed by atoms with Gasteiger partial charge in [-0.1, -0.05) is 11.6 Å². The summed E-state index contributed by atoms with van der Waals surface area (Å²) in [4.78, 5) is 14.4. The van der Waals surface area contributed by atoms with Gasteiger partial charge in [-0.15, -0.1) is 11.3 Å². The van der Waals surface area contributed by atoms with Crippen LogP contribution < -0.4 is 5.32 Å². The van der Waals surface area contributed by atoms with Crippen LogP contribution in [-0.2, 0) is 11.3 Å². The summed E-state index contributed by atoms with van der Waals surface area (Å²) in [6.45, 7) is 0.452. The van der Waals surface area contributed by atoms with E-state index < -0.39 is 0 Å². The van der Waals surface area contributed by atoms with Crippen molar-refractivity contribution in [1.29, 1.82) is 0 Å². The molecule has 1 aromatic heterocycles. The van der Waals surface area contributed by atoms with Gasteiger partial charge in [0.1, 0.15) is 0 Å². The van der Waals surface area contributed by atoms with Crippen LogP contribution >= 0.6 is 22.9 Å². The highest BCUT2D eigenvalue weighted by Crippen LogP contribution is 2.16. The second-order valence-corrected chi connectivity index (χ2v) is 3.23. The number of rotatable bonds is 3. The summed E-state index contributed by atoms with van der Waals surface area (Å²) in [5, 5.41) is 2.38. The van der Waals surface area contributed by atoms with E-state index in [4.69, 9.17) is 11.6 Å². The second-order valence-electron chi connectivity index (χ2n) is 1.54. The normalized spacial score (nSPS) is 9.30. The van der Waals surface area contributed by atoms with E-state index in [-0.39, 0.29) is 0 Å². The zero-order chi connectivity index (χ0) is 7.40. The molecule has 0 atom stereocenters. The first-order valence-electron chi connectivity index (χ1n) is 2.53. The van der Waals surface area contributed by atoms with Crippen molar-refractivity contribution in [2.45, 2.75) is 6.54 Å². The Balaban J connectivity index is 2.49. The van der Waals surface area contributed by atoms with Crippen molar-refractivity contribution in [1.82, 2.24) is 10.3 Å². The molecule has 53 valence electrons. The third kappa shape index (κ3) is 1.97. The molecule has 0 bridgehead atoms. The highest BCUT2D eigenvalue weighted by Gasteiger charge is 1.96. The van der Waals surface area contributed by atoms with Crippen molar-refractivity contribution in [3.63, 3.8) is 0 Å². The van der Waals surface area contributed by atoms with Crippen LogP contribution in [0.3, 0.4) is 0 Å². The predicted octanol–water partition coefficient (Wildman–Crippen LogP) is 0.953. The minimum absolute atomic E-state index is 0.452. The van der Waals surface area contributed by atoms with Crippen LogP contribution in [0.25, 0.3) is 0 Å². The Morgan fingerprint density at radius 2 is 2.70 bits per heavy atom. The van der Waals surface area contributed by atoms with Crippen LogP contribution in [0.2, 0.25) is 4.47 Å². The Kier molecular flexibility index (Phi) is 2.65. The Hall–Kier alpha value is -0.610. The maximum atomic E-state index is 9.70. The lowest BCUT2D eigenvalue weighted by molar-refractivity contribution is 0.542. The molecule has 0 aromatic carbocycles. The molecule has 0 fully saturated rings. The first-order chi connectivity index (χ1) is 4.83. The van der Waals surface area contributed by atoms with E-state index in [1.165, 1.54) is 11.3 Å². The van der Waals surface area contributed by atoms with E-state index in [9.17, 15) is 4.79 Å². The van der Waals surface area contributed by atoms with Gasteiger partial charge in [-0.2, -0.15) is 0 Å². The van der Waals surface area contributed by atoms with Crippen LogP contribution in [0, 0.1) is 0 Å². The van der Waals surface area contributed by atoms with E-state index in [0.717, 1.165) is 4.88 Å². The van der Waals surface area contributed by atoms with Crippen molar-refractivity contribution in [3.8, 4) is 0 Å². The summed E-state index contributed by atoms with van der Waals surface area (Å²) in [6, 6.07) is 0. The molecule has 3 nitrogen and oxygen atoms in total. The molecule has 1 rings (SSSR count). The average Bonchev–Trinajstić information content (AvgIpc) is 2.31. The standard InChI is InChI=1S/C5H4ClN2OS/c6-5-8-2-4(10-5)1-7-3-9/h2H,1H2,(H,7,9). The van der Waals surface area contributed by atoms with Gasteiger partial charge in [0.15, 0.2) is 4.47 Å². The van der Waals surface area contributed by atoms with Gasteiger partial charge < -0.3 is 5.32 Å². The van der Waals surface area contributed by atoms with Crippen molar-refractivity contribution in [2.75, 3.05) is 0 Å². The van der Waals surface area contributed by atoms with Crippen molar-refractivity contribution in [3.05, 3.63) is 15.5 Å². The third-order valence-electron chi connectivity index (χ3n) is 0.860. The molecule has 0 aliphatic rings. The fourth-order valence-electron chi connectivity index (χ4n) is 0.489.